The third-order valence-electron chi connectivity index (χ3n) is 3.46. The first-order valence-electron chi connectivity index (χ1n) is 6.17. The number of hydrogen-bond acceptors (Lipinski definition) is 5. The molecule has 7 heteroatoms. The van der Waals surface area contributed by atoms with Crippen molar-refractivity contribution >= 4 is 21.0 Å². The molecule has 6 nitrogen and oxygen atoms in total. The Hall–Kier alpha value is -1.44. The fourth-order valence-corrected chi connectivity index (χ4v) is 3.78. The Morgan fingerprint density at radius 3 is 2.79 bits per heavy atom. The molecule has 0 bridgehead atoms. The molecule has 0 amide bonds. The van der Waals surface area contributed by atoms with E-state index in [-0.39, 0.29) is 10.9 Å². The zero-order valence-electron chi connectivity index (χ0n) is 10.3. The highest BCUT2D eigenvalue weighted by molar-refractivity contribution is 7.89. The molecular weight excluding hydrogens is 266 g/mol. The Morgan fingerprint density at radius 1 is 1.32 bits per heavy atom. The zero-order valence-corrected chi connectivity index (χ0v) is 11.1. The van der Waals surface area contributed by atoms with Crippen LogP contribution in [0.25, 0.3) is 11.0 Å². The Bertz CT molecular complexity index is 687. The van der Waals surface area contributed by atoms with Gasteiger partial charge in [0.2, 0.25) is 10.0 Å². The van der Waals surface area contributed by atoms with Gasteiger partial charge in [0.15, 0.2) is 5.58 Å². The molecule has 0 saturated carbocycles. The van der Waals surface area contributed by atoms with E-state index in [1.54, 1.807) is 18.2 Å². The molecule has 1 aliphatic heterocycles. The molecule has 1 aromatic carbocycles. The van der Waals surface area contributed by atoms with Crippen molar-refractivity contribution in [1.82, 2.24) is 9.46 Å². The van der Waals surface area contributed by atoms with Crippen LogP contribution in [0.15, 0.2) is 33.8 Å². The molecule has 0 atom stereocenters. The van der Waals surface area contributed by atoms with Gasteiger partial charge in [-0.25, -0.2) is 8.42 Å². The molecule has 0 radical (unpaired) electrons. The first kappa shape index (κ1) is 12.6. The van der Waals surface area contributed by atoms with E-state index in [4.69, 9.17) is 10.3 Å². The van der Waals surface area contributed by atoms with E-state index in [1.165, 1.54) is 10.5 Å². The Balaban J connectivity index is 1.94. The third-order valence-corrected chi connectivity index (χ3v) is 5.36. The van der Waals surface area contributed by atoms with Crippen LogP contribution in [-0.4, -0.2) is 37.0 Å². The molecule has 1 aliphatic rings. The highest BCUT2D eigenvalue weighted by Gasteiger charge is 2.28. The minimum absolute atomic E-state index is 0.104. The summed E-state index contributed by atoms with van der Waals surface area (Å²) in [6, 6.07) is 4.88. The monoisotopic (exact) mass is 281 g/mol. The van der Waals surface area contributed by atoms with Crippen LogP contribution in [-0.2, 0) is 10.0 Å². The van der Waals surface area contributed by atoms with Crippen LogP contribution in [0.3, 0.4) is 0 Å². The normalized spacial score (nSPS) is 19.0. The van der Waals surface area contributed by atoms with Crippen LogP contribution in [0.1, 0.15) is 12.8 Å². The van der Waals surface area contributed by atoms with Gasteiger partial charge >= 0.3 is 0 Å². The minimum atomic E-state index is -3.45. The van der Waals surface area contributed by atoms with Crippen molar-refractivity contribution < 1.29 is 12.9 Å². The van der Waals surface area contributed by atoms with E-state index in [0.717, 1.165) is 0 Å². The van der Waals surface area contributed by atoms with Gasteiger partial charge in [-0.3, -0.25) is 0 Å². The Morgan fingerprint density at radius 2 is 2.05 bits per heavy atom. The number of nitrogens with zero attached hydrogens (tertiary/aromatic N) is 2. The summed E-state index contributed by atoms with van der Waals surface area (Å²) in [7, 11) is -3.45. The number of benzene rings is 1. The fraction of sp³-hybridized carbons (Fsp3) is 0.417. The molecule has 2 heterocycles. The maximum absolute atomic E-state index is 12.5. The number of nitrogens with two attached hydrogens (primary N) is 1. The molecule has 0 aliphatic carbocycles. The molecule has 2 N–H and O–H groups in total. The second kappa shape index (κ2) is 4.59. The standard InChI is InChI=1S/C12H15N3O3S/c13-10-3-5-15(6-4-10)19(16,17)11-1-2-12-9(7-11)8-14-18-12/h1-2,7-8,10H,3-6,13H2. The highest BCUT2D eigenvalue weighted by atomic mass is 32.2. The average Bonchev–Trinajstić information content (AvgIpc) is 2.86. The second-order valence-corrected chi connectivity index (χ2v) is 6.70. The van der Waals surface area contributed by atoms with E-state index in [0.29, 0.717) is 36.9 Å². The predicted molar refractivity (Wildman–Crippen MR) is 70.0 cm³/mol. The molecular formula is C12H15N3O3S. The van der Waals surface area contributed by atoms with E-state index in [9.17, 15) is 8.42 Å². The molecule has 1 fully saturated rings. The van der Waals surface area contributed by atoms with Crippen LogP contribution >= 0.6 is 0 Å². The van der Waals surface area contributed by atoms with Crippen molar-refractivity contribution in [2.75, 3.05) is 13.1 Å². The largest absolute Gasteiger partial charge is 0.356 e. The lowest BCUT2D eigenvalue weighted by atomic mass is 10.1. The molecule has 1 saturated heterocycles. The van der Waals surface area contributed by atoms with E-state index >= 15 is 0 Å². The van der Waals surface area contributed by atoms with Crippen LogP contribution in [0.4, 0.5) is 0 Å². The summed E-state index contributed by atoms with van der Waals surface area (Å²) < 4.78 is 31.4. The smallest absolute Gasteiger partial charge is 0.243 e. The molecule has 3 rings (SSSR count). The number of sulfonamides is 1. The molecule has 0 unspecified atom stereocenters. The summed E-state index contributed by atoms with van der Waals surface area (Å²) in [5.41, 5.74) is 6.38. The van der Waals surface area contributed by atoms with Crippen molar-refractivity contribution in [3.8, 4) is 0 Å². The van der Waals surface area contributed by atoms with Crippen LogP contribution in [0.2, 0.25) is 0 Å². The summed E-state index contributed by atoms with van der Waals surface area (Å²) in [6.45, 7) is 0.955. The van der Waals surface area contributed by atoms with Gasteiger partial charge in [0.05, 0.1) is 11.1 Å². The van der Waals surface area contributed by atoms with Gasteiger partial charge in [-0.15, -0.1) is 0 Å². The lowest BCUT2D eigenvalue weighted by molar-refractivity contribution is 0.320. The van der Waals surface area contributed by atoms with Gasteiger partial charge in [-0.1, -0.05) is 5.16 Å². The highest BCUT2D eigenvalue weighted by Crippen LogP contribution is 2.23. The Kier molecular flexibility index (Phi) is 3.04. The zero-order chi connectivity index (χ0) is 13.5. The summed E-state index contributed by atoms with van der Waals surface area (Å²) in [5, 5.41) is 4.34. The van der Waals surface area contributed by atoms with Gasteiger partial charge in [0.1, 0.15) is 0 Å². The topological polar surface area (TPSA) is 89.4 Å². The number of piperidine rings is 1. The third kappa shape index (κ3) is 2.24. The number of aromatic nitrogens is 1. The summed E-state index contributed by atoms with van der Waals surface area (Å²) in [5.74, 6) is 0. The molecule has 19 heavy (non-hydrogen) atoms. The maximum Gasteiger partial charge on any atom is 0.243 e. The van der Waals surface area contributed by atoms with Gasteiger partial charge in [0, 0.05) is 24.5 Å². The average molecular weight is 281 g/mol. The summed E-state index contributed by atoms with van der Waals surface area (Å²) in [6.07, 6.45) is 2.92. The number of rotatable bonds is 2. The molecule has 102 valence electrons. The van der Waals surface area contributed by atoms with E-state index in [2.05, 4.69) is 5.16 Å². The number of hydrogen-bond donors (Lipinski definition) is 1. The van der Waals surface area contributed by atoms with Crippen molar-refractivity contribution in [2.45, 2.75) is 23.8 Å². The number of fused-ring (bicyclic) bond motifs is 1. The SMILES string of the molecule is NC1CCN(S(=O)(=O)c2ccc3oncc3c2)CC1. The van der Waals surface area contributed by atoms with Gasteiger partial charge in [-0.05, 0) is 31.0 Å². The predicted octanol–water partition coefficient (Wildman–Crippen LogP) is 0.940. The maximum atomic E-state index is 12.5. The van der Waals surface area contributed by atoms with Crippen molar-refractivity contribution in [3.63, 3.8) is 0 Å². The van der Waals surface area contributed by atoms with Gasteiger partial charge < -0.3 is 10.3 Å². The first-order valence-corrected chi connectivity index (χ1v) is 7.61. The lowest BCUT2D eigenvalue weighted by Gasteiger charge is -2.29. The lowest BCUT2D eigenvalue weighted by Crippen LogP contribution is -2.42. The van der Waals surface area contributed by atoms with E-state index in [1.807, 2.05) is 0 Å². The van der Waals surface area contributed by atoms with Gasteiger partial charge in [0.25, 0.3) is 0 Å². The second-order valence-electron chi connectivity index (χ2n) is 4.77. The minimum Gasteiger partial charge on any atom is -0.356 e. The molecule has 2 aromatic rings. The van der Waals surface area contributed by atoms with Gasteiger partial charge in [-0.2, -0.15) is 4.31 Å². The summed E-state index contributed by atoms with van der Waals surface area (Å²) in [4.78, 5) is 0.277. The van der Waals surface area contributed by atoms with Crippen LogP contribution < -0.4 is 5.73 Å². The Labute approximate surface area is 111 Å². The van der Waals surface area contributed by atoms with Crippen molar-refractivity contribution in [3.05, 3.63) is 24.4 Å². The fourth-order valence-electron chi connectivity index (χ4n) is 2.28. The van der Waals surface area contributed by atoms with Crippen molar-refractivity contribution in [1.29, 1.82) is 0 Å². The van der Waals surface area contributed by atoms with Crippen LogP contribution in [0, 0.1) is 0 Å². The quantitative estimate of drug-likeness (QED) is 0.884. The van der Waals surface area contributed by atoms with E-state index < -0.39 is 10.0 Å². The molecule has 0 spiro atoms. The van der Waals surface area contributed by atoms with Crippen LogP contribution in [0.5, 0.6) is 0 Å². The first-order chi connectivity index (χ1) is 9.07. The summed E-state index contributed by atoms with van der Waals surface area (Å²) >= 11 is 0. The molecule has 1 aromatic heterocycles. The van der Waals surface area contributed by atoms with Crippen molar-refractivity contribution in [2.24, 2.45) is 5.73 Å².